The van der Waals surface area contributed by atoms with E-state index < -0.39 is 57.4 Å². The van der Waals surface area contributed by atoms with Crippen LogP contribution in [0.3, 0.4) is 0 Å². The largest absolute Gasteiger partial charge is 0.506 e. The van der Waals surface area contributed by atoms with Crippen molar-refractivity contribution in [2.75, 3.05) is 0 Å². The number of Topliss-reactive ketones (excluding diaryl/α,β-unsaturated/α-hetero) is 1. The number of aliphatic carboxylic acids is 3. The Bertz CT molecular complexity index is 3050. The highest BCUT2D eigenvalue weighted by Crippen LogP contribution is 2.75. The molecule has 0 bridgehead atoms. The van der Waals surface area contributed by atoms with Gasteiger partial charge in [0.1, 0.15) is 28.4 Å². The van der Waals surface area contributed by atoms with Gasteiger partial charge in [-0.1, -0.05) is 82.6 Å². The van der Waals surface area contributed by atoms with Gasteiger partial charge in [0, 0.05) is 35.0 Å². The lowest BCUT2D eigenvalue weighted by molar-refractivity contribution is -0.202. The summed E-state index contributed by atoms with van der Waals surface area (Å²) in [5, 5.41) is 53.3. The van der Waals surface area contributed by atoms with Gasteiger partial charge in [-0.3, -0.25) is 14.4 Å². The van der Waals surface area contributed by atoms with Gasteiger partial charge in [-0.2, -0.15) is 0 Å². The van der Waals surface area contributed by atoms with Crippen LogP contribution >= 0.6 is 0 Å². The Balaban J connectivity index is 0.000000205. The van der Waals surface area contributed by atoms with Crippen LogP contribution in [-0.4, -0.2) is 83.5 Å². The number of aliphatic hydroxyl groups is 1. The number of benzene rings is 1. The molecule has 4 saturated carbocycles. The summed E-state index contributed by atoms with van der Waals surface area (Å²) in [6, 6.07) is 0. The standard InChI is InChI=1S/C38H46O9.C30H46O4/c1-21(2)11-10-18-36(8)19-17-24-29(39)28-30(40)26-12-9-13-27-35(6,7)47-37(34(43)44,20-16-23(5)33(41)42)38(26,27)46-32(28)25(31(24)45-36)15-14-22(3)4;1-25(2)21-8-11-30(7)23(28(21,5)10-9-22(25)32)20(31)16-18-19-17-27(4,24(33)34)13-12-26(19,3)14-15-29(18,30)6/h11-12,14,16-17,19,27,39H,9-10,13,15,18,20H2,1-8H3,(H,41,42)(H,43,44);16,19,21-23,32H,8-15,17H2,1-7H3,(H,33,34). The van der Waals surface area contributed by atoms with Crippen LogP contribution in [0.15, 0.2) is 64.3 Å². The Morgan fingerprint density at radius 1 is 0.753 bits per heavy atom. The molecule has 10 rings (SSSR count). The fraction of sp³-hybridized carbons (Fsp3) is 0.662. The van der Waals surface area contributed by atoms with E-state index in [9.17, 15) is 49.5 Å². The van der Waals surface area contributed by atoms with Crippen molar-refractivity contribution in [2.24, 2.45) is 56.2 Å². The molecule has 0 radical (unpaired) electrons. The van der Waals surface area contributed by atoms with Crippen molar-refractivity contribution >= 4 is 35.6 Å². The van der Waals surface area contributed by atoms with Crippen LogP contribution in [0.2, 0.25) is 0 Å². The number of ether oxygens (including phenoxy) is 3. The second kappa shape index (κ2) is 19.9. The summed E-state index contributed by atoms with van der Waals surface area (Å²) in [6.45, 7) is 30.7. The summed E-state index contributed by atoms with van der Waals surface area (Å²) in [6.07, 6.45) is 23.1. The highest BCUT2D eigenvalue weighted by Gasteiger charge is 2.78. The smallest absolute Gasteiger partial charge is 0.340 e. The number of carboxylic acids is 3. The van der Waals surface area contributed by atoms with Crippen molar-refractivity contribution < 1.29 is 63.7 Å². The first-order chi connectivity index (χ1) is 37.5. The first-order valence-corrected chi connectivity index (χ1v) is 30.0. The van der Waals surface area contributed by atoms with Gasteiger partial charge in [0.25, 0.3) is 0 Å². The second-order valence-electron chi connectivity index (χ2n) is 29.4. The summed E-state index contributed by atoms with van der Waals surface area (Å²) in [5.41, 5.74) is -2.53. The molecule has 1 saturated heterocycles. The minimum atomic E-state index is -2.16. The molecule has 13 nitrogen and oxygen atoms in total. The van der Waals surface area contributed by atoms with Gasteiger partial charge in [0.2, 0.25) is 5.60 Å². The van der Waals surface area contributed by atoms with Crippen molar-refractivity contribution in [3.8, 4) is 17.2 Å². The number of rotatable bonds is 10. The lowest BCUT2D eigenvalue weighted by atomic mass is 9.33. The average molecular weight is 1120 g/mol. The molecule has 3 aliphatic heterocycles. The summed E-state index contributed by atoms with van der Waals surface area (Å²) >= 11 is 0. The normalized spacial score (nSPS) is 39.2. The van der Waals surface area contributed by atoms with Gasteiger partial charge >= 0.3 is 17.9 Å². The van der Waals surface area contributed by atoms with Crippen LogP contribution in [0, 0.1) is 56.2 Å². The zero-order valence-corrected chi connectivity index (χ0v) is 51.0. The number of allylic oxidation sites excluding steroid dienone is 7. The quantitative estimate of drug-likeness (QED) is 0.109. The number of carbonyl (C=O) groups excluding carboxylic acids is 2. The third-order valence-electron chi connectivity index (χ3n) is 23.1. The van der Waals surface area contributed by atoms with E-state index in [2.05, 4.69) is 47.6 Å². The fourth-order valence-corrected chi connectivity index (χ4v) is 18.0. The molecule has 9 aliphatic rings. The molecule has 0 amide bonds. The number of aliphatic hydroxyl groups excluding tert-OH is 1. The number of aromatic hydroxyl groups is 1. The molecule has 5 fully saturated rings. The first-order valence-electron chi connectivity index (χ1n) is 30.0. The molecule has 81 heavy (non-hydrogen) atoms. The number of carbonyl (C=O) groups is 5. The second-order valence-corrected chi connectivity index (χ2v) is 29.4. The zero-order valence-electron chi connectivity index (χ0n) is 51.0. The maximum Gasteiger partial charge on any atom is 0.340 e. The molecule has 442 valence electrons. The van der Waals surface area contributed by atoms with E-state index in [-0.39, 0.29) is 85.4 Å². The number of fused-ring (bicyclic) bond motifs is 9. The Labute approximate surface area is 480 Å². The highest BCUT2D eigenvalue weighted by atomic mass is 16.6. The Kier molecular flexibility index (Phi) is 14.9. The van der Waals surface area contributed by atoms with E-state index in [4.69, 9.17) is 14.2 Å². The van der Waals surface area contributed by atoms with Gasteiger partial charge in [0.15, 0.2) is 17.2 Å². The van der Waals surface area contributed by atoms with Crippen molar-refractivity contribution in [1.29, 1.82) is 0 Å². The third kappa shape index (κ3) is 8.99. The van der Waals surface area contributed by atoms with Crippen LogP contribution in [-0.2, 0) is 30.3 Å². The maximum atomic E-state index is 14.7. The average Bonchev–Trinajstić information content (AvgIpc) is 1.75. The van der Waals surface area contributed by atoms with E-state index in [1.54, 1.807) is 26.0 Å². The third-order valence-corrected chi connectivity index (χ3v) is 23.1. The van der Waals surface area contributed by atoms with E-state index >= 15 is 0 Å². The molecule has 6 aliphatic carbocycles. The zero-order chi connectivity index (χ0) is 59.8. The number of phenolic OH excluding ortho intramolecular Hbond substituents is 1. The number of hydrogen-bond donors (Lipinski definition) is 5. The van der Waals surface area contributed by atoms with E-state index in [1.807, 2.05) is 59.8 Å². The number of ketones is 2. The Morgan fingerprint density at radius 3 is 2.05 bits per heavy atom. The van der Waals surface area contributed by atoms with Crippen LogP contribution in [0.4, 0.5) is 0 Å². The number of carboxylic acid groups (broad SMARTS) is 3. The van der Waals surface area contributed by atoms with Crippen molar-refractivity contribution in [2.45, 2.75) is 229 Å². The van der Waals surface area contributed by atoms with Crippen LogP contribution in [0.5, 0.6) is 17.2 Å². The molecular formula is C68H92O13. The lowest BCUT2D eigenvalue weighted by Crippen LogP contribution is -2.66. The summed E-state index contributed by atoms with van der Waals surface area (Å²) in [4.78, 5) is 66.5. The van der Waals surface area contributed by atoms with Crippen LogP contribution in [0.25, 0.3) is 6.08 Å². The minimum absolute atomic E-state index is 0.0296. The molecule has 5 N–H and O–H groups in total. The molecule has 13 heteroatoms. The van der Waals surface area contributed by atoms with Crippen LogP contribution in [0.1, 0.15) is 215 Å². The summed E-state index contributed by atoms with van der Waals surface area (Å²) < 4.78 is 20.2. The maximum absolute atomic E-state index is 14.7. The van der Waals surface area contributed by atoms with Crippen LogP contribution < -0.4 is 9.47 Å². The minimum Gasteiger partial charge on any atom is -0.506 e. The van der Waals surface area contributed by atoms with Gasteiger partial charge in [-0.05, 0) is 209 Å². The first kappa shape index (κ1) is 60.3. The lowest BCUT2D eigenvalue weighted by Gasteiger charge is -2.70. The predicted octanol–water partition coefficient (Wildman–Crippen LogP) is 13.9. The van der Waals surface area contributed by atoms with Crippen molar-refractivity contribution in [3.63, 3.8) is 0 Å². The molecule has 0 aromatic heterocycles. The van der Waals surface area contributed by atoms with E-state index in [0.29, 0.717) is 54.9 Å². The Hall–Kier alpha value is -5.27. The molecule has 3 heterocycles. The highest BCUT2D eigenvalue weighted by molar-refractivity contribution is 6.17. The van der Waals surface area contributed by atoms with Gasteiger partial charge < -0.3 is 39.7 Å². The summed E-state index contributed by atoms with van der Waals surface area (Å²) in [5.74, 6) is -3.47. The van der Waals surface area contributed by atoms with E-state index in [0.717, 1.165) is 63.4 Å². The summed E-state index contributed by atoms with van der Waals surface area (Å²) in [7, 11) is 0. The Morgan fingerprint density at radius 2 is 1.42 bits per heavy atom. The molecule has 1 aromatic carbocycles. The SMILES string of the molecule is CC(C)=CCCC1(C)C=Cc2c(O)c3c(c(CC=C(C)C)c2O1)OC12C(=CCCC1C(C)(C)OC2(CC=C(C)C(=O)O)C(=O)O)C3=O.CC1(C(=O)O)CCC2(C)CCC3(C)C(=CC(=O)C4C5(C)CCC(O)C(C)(C)C5CCC43C)C2C1. The molecule has 13 unspecified atom stereocenters. The predicted molar refractivity (Wildman–Crippen MR) is 311 cm³/mol. The molecule has 13 atom stereocenters. The number of phenols is 1. The van der Waals surface area contributed by atoms with Gasteiger partial charge in [-0.15, -0.1) is 0 Å². The molecular weight excluding hydrogens is 1020 g/mol. The van der Waals surface area contributed by atoms with Crippen molar-refractivity contribution in [3.05, 3.63) is 81.0 Å². The molecule has 1 spiro atoms. The topological polar surface area (TPSA) is 214 Å². The molecule has 1 aromatic rings. The van der Waals surface area contributed by atoms with Gasteiger partial charge in [-0.25, -0.2) is 9.59 Å². The monoisotopic (exact) mass is 1120 g/mol. The van der Waals surface area contributed by atoms with Gasteiger partial charge in [0.05, 0.1) is 22.7 Å². The number of hydrogen-bond acceptors (Lipinski definition) is 10. The fourth-order valence-electron chi connectivity index (χ4n) is 18.0. The van der Waals surface area contributed by atoms with E-state index in [1.165, 1.54) is 24.1 Å². The van der Waals surface area contributed by atoms with Crippen molar-refractivity contribution in [1.82, 2.24) is 0 Å².